The molecule has 0 unspecified atom stereocenters. The number of carbonyl (C=O) groups is 1. The average Bonchev–Trinajstić information content (AvgIpc) is 2.34. The first-order valence-electron chi connectivity index (χ1n) is 5.79. The highest BCUT2D eigenvalue weighted by atomic mass is 19.4. The first-order chi connectivity index (χ1) is 8.36. The fraction of sp³-hybridized carbons (Fsp3) is 0.462. The van der Waals surface area contributed by atoms with Crippen molar-refractivity contribution in [1.82, 2.24) is 4.90 Å². The minimum atomic E-state index is -4.37. The molecule has 0 saturated heterocycles. The first kappa shape index (κ1) is 14.5. The lowest BCUT2D eigenvalue weighted by Crippen LogP contribution is -2.27. The number of hydrogen-bond acceptors (Lipinski definition) is 1. The van der Waals surface area contributed by atoms with E-state index in [9.17, 15) is 18.0 Å². The van der Waals surface area contributed by atoms with Crippen LogP contribution in [0.15, 0.2) is 24.3 Å². The van der Waals surface area contributed by atoms with Gasteiger partial charge in [-0.05, 0) is 30.7 Å². The van der Waals surface area contributed by atoms with Crippen LogP contribution in [-0.4, -0.2) is 24.4 Å². The van der Waals surface area contributed by atoms with Gasteiger partial charge >= 0.3 is 6.18 Å². The van der Waals surface area contributed by atoms with Gasteiger partial charge in [0.2, 0.25) is 0 Å². The lowest BCUT2D eigenvalue weighted by molar-refractivity contribution is -0.137. The molecule has 100 valence electrons. The molecule has 0 aliphatic carbocycles. The Labute approximate surface area is 104 Å². The molecule has 0 bridgehead atoms. The van der Waals surface area contributed by atoms with Crippen molar-refractivity contribution in [1.29, 1.82) is 0 Å². The van der Waals surface area contributed by atoms with Crippen LogP contribution in [0.25, 0.3) is 0 Å². The predicted molar refractivity (Wildman–Crippen MR) is 63.3 cm³/mol. The van der Waals surface area contributed by atoms with E-state index in [0.717, 1.165) is 25.0 Å². The maximum absolute atomic E-state index is 12.4. The molecule has 1 rings (SSSR count). The Kier molecular flexibility index (Phi) is 4.76. The lowest BCUT2D eigenvalue weighted by Gasteiger charge is -2.17. The van der Waals surface area contributed by atoms with Crippen LogP contribution in [0.4, 0.5) is 13.2 Å². The molecule has 5 heteroatoms. The molecule has 0 aromatic heterocycles. The molecule has 0 saturated carbocycles. The third kappa shape index (κ3) is 3.75. The largest absolute Gasteiger partial charge is 0.416 e. The molecule has 0 N–H and O–H groups in total. The highest BCUT2D eigenvalue weighted by Crippen LogP contribution is 2.29. The van der Waals surface area contributed by atoms with Crippen LogP contribution in [0.1, 0.15) is 35.7 Å². The smallest absolute Gasteiger partial charge is 0.342 e. The topological polar surface area (TPSA) is 20.3 Å². The number of alkyl halides is 3. The summed E-state index contributed by atoms with van der Waals surface area (Å²) in [5.74, 6) is -0.253. The Bertz CT molecular complexity index is 398. The van der Waals surface area contributed by atoms with Gasteiger partial charge in [0.15, 0.2) is 0 Å². The molecule has 0 aliphatic heterocycles. The Balaban J connectivity index is 2.76. The van der Waals surface area contributed by atoms with Gasteiger partial charge in [0.1, 0.15) is 0 Å². The van der Waals surface area contributed by atoms with Crippen LogP contribution in [-0.2, 0) is 6.18 Å². The Morgan fingerprint density at radius 3 is 2.22 bits per heavy atom. The van der Waals surface area contributed by atoms with Crippen molar-refractivity contribution in [3.63, 3.8) is 0 Å². The monoisotopic (exact) mass is 259 g/mol. The Morgan fingerprint density at radius 1 is 1.22 bits per heavy atom. The normalized spacial score (nSPS) is 11.4. The van der Waals surface area contributed by atoms with Gasteiger partial charge in [-0.1, -0.05) is 13.3 Å². The van der Waals surface area contributed by atoms with Crippen molar-refractivity contribution in [3.05, 3.63) is 35.4 Å². The molecular formula is C13H16F3NO. The van der Waals surface area contributed by atoms with E-state index in [1.165, 1.54) is 17.0 Å². The van der Waals surface area contributed by atoms with Gasteiger partial charge in [0, 0.05) is 19.2 Å². The van der Waals surface area contributed by atoms with Crippen LogP contribution in [0.2, 0.25) is 0 Å². The van der Waals surface area contributed by atoms with E-state index in [1.54, 1.807) is 7.05 Å². The summed E-state index contributed by atoms with van der Waals surface area (Å²) in [6.45, 7) is 2.62. The predicted octanol–water partition coefficient (Wildman–Crippen LogP) is 3.58. The summed E-state index contributed by atoms with van der Waals surface area (Å²) in [5.41, 5.74) is -0.461. The van der Waals surface area contributed by atoms with E-state index in [-0.39, 0.29) is 11.5 Å². The number of benzene rings is 1. The maximum atomic E-state index is 12.4. The SMILES string of the molecule is CCCCN(C)C(=O)c1ccc(C(F)(F)F)cc1. The summed E-state index contributed by atoms with van der Waals surface area (Å²) in [7, 11) is 1.65. The summed E-state index contributed by atoms with van der Waals surface area (Å²) in [4.78, 5) is 13.4. The molecule has 0 radical (unpaired) electrons. The zero-order valence-electron chi connectivity index (χ0n) is 10.4. The van der Waals surface area contributed by atoms with E-state index in [2.05, 4.69) is 0 Å². The summed E-state index contributed by atoms with van der Waals surface area (Å²) >= 11 is 0. The van der Waals surface area contributed by atoms with Crippen LogP contribution in [0.3, 0.4) is 0 Å². The van der Waals surface area contributed by atoms with Gasteiger partial charge in [-0.3, -0.25) is 4.79 Å². The van der Waals surface area contributed by atoms with E-state index >= 15 is 0 Å². The maximum Gasteiger partial charge on any atom is 0.416 e. The highest BCUT2D eigenvalue weighted by molar-refractivity contribution is 5.94. The second-order valence-electron chi connectivity index (χ2n) is 4.16. The standard InChI is InChI=1S/C13H16F3NO/c1-3-4-9-17(2)12(18)10-5-7-11(8-6-10)13(14,15)16/h5-8H,3-4,9H2,1-2H3. The number of unbranched alkanes of at least 4 members (excludes halogenated alkanes) is 1. The zero-order chi connectivity index (χ0) is 13.8. The second-order valence-corrected chi connectivity index (χ2v) is 4.16. The number of halogens is 3. The molecular weight excluding hydrogens is 243 g/mol. The fourth-order valence-corrected chi connectivity index (χ4v) is 1.52. The van der Waals surface area contributed by atoms with Gasteiger partial charge in [0.05, 0.1) is 5.56 Å². The average molecular weight is 259 g/mol. The molecule has 0 heterocycles. The van der Waals surface area contributed by atoms with Crippen molar-refractivity contribution in [2.24, 2.45) is 0 Å². The van der Waals surface area contributed by atoms with E-state index in [0.29, 0.717) is 6.54 Å². The van der Waals surface area contributed by atoms with Gasteiger partial charge in [0.25, 0.3) is 5.91 Å². The number of hydrogen-bond donors (Lipinski definition) is 0. The minimum Gasteiger partial charge on any atom is -0.342 e. The summed E-state index contributed by atoms with van der Waals surface area (Å²) < 4.78 is 37.1. The summed E-state index contributed by atoms with van der Waals surface area (Å²) in [6, 6.07) is 4.29. The fourth-order valence-electron chi connectivity index (χ4n) is 1.52. The van der Waals surface area contributed by atoms with Gasteiger partial charge in [-0.15, -0.1) is 0 Å². The van der Waals surface area contributed by atoms with Crippen LogP contribution in [0.5, 0.6) is 0 Å². The quantitative estimate of drug-likeness (QED) is 0.809. The van der Waals surface area contributed by atoms with Crippen LogP contribution < -0.4 is 0 Å². The van der Waals surface area contributed by atoms with Gasteiger partial charge in [-0.25, -0.2) is 0 Å². The van der Waals surface area contributed by atoms with E-state index in [1.807, 2.05) is 6.92 Å². The van der Waals surface area contributed by atoms with Gasteiger partial charge in [-0.2, -0.15) is 13.2 Å². The molecule has 0 spiro atoms. The highest BCUT2D eigenvalue weighted by Gasteiger charge is 2.30. The Hall–Kier alpha value is -1.52. The van der Waals surface area contributed by atoms with Crippen molar-refractivity contribution < 1.29 is 18.0 Å². The summed E-state index contributed by atoms with van der Waals surface area (Å²) in [6.07, 6.45) is -2.52. The van der Waals surface area contributed by atoms with Crippen molar-refractivity contribution in [2.75, 3.05) is 13.6 Å². The third-order valence-electron chi connectivity index (χ3n) is 2.65. The molecule has 0 aliphatic rings. The van der Waals surface area contributed by atoms with Crippen molar-refractivity contribution in [2.45, 2.75) is 25.9 Å². The number of carbonyl (C=O) groups excluding carboxylic acids is 1. The third-order valence-corrected chi connectivity index (χ3v) is 2.65. The summed E-state index contributed by atoms with van der Waals surface area (Å²) in [5, 5.41) is 0. The first-order valence-corrected chi connectivity index (χ1v) is 5.79. The van der Waals surface area contributed by atoms with Crippen LogP contribution >= 0.6 is 0 Å². The molecule has 1 aromatic rings. The van der Waals surface area contributed by atoms with Crippen molar-refractivity contribution in [3.8, 4) is 0 Å². The number of rotatable bonds is 4. The lowest BCUT2D eigenvalue weighted by atomic mass is 10.1. The van der Waals surface area contributed by atoms with E-state index in [4.69, 9.17) is 0 Å². The van der Waals surface area contributed by atoms with Crippen molar-refractivity contribution >= 4 is 5.91 Å². The number of nitrogens with zero attached hydrogens (tertiary/aromatic N) is 1. The van der Waals surface area contributed by atoms with Crippen LogP contribution in [0, 0.1) is 0 Å². The van der Waals surface area contributed by atoms with Gasteiger partial charge < -0.3 is 4.90 Å². The Morgan fingerprint density at radius 2 is 1.78 bits per heavy atom. The molecule has 0 atom stereocenters. The van der Waals surface area contributed by atoms with E-state index < -0.39 is 11.7 Å². The zero-order valence-corrected chi connectivity index (χ0v) is 10.4. The molecule has 0 fully saturated rings. The molecule has 1 amide bonds. The minimum absolute atomic E-state index is 0.253. The molecule has 18 heavy (non-hydrogen) atoms. The molecule has 2 nitrogen and oxygen atoms in total. The molecule has 1 aromatic carbocycles. The second kappa shape index (κ2) is 5.89. The number of amides is 1.